The summed E-state index contributed by atoms with van der Waals surface area (Å²) in [5.74, 6) is 0.581. The minimum Gasteiger partial charge on any atom is -0.369 e. The molecule has 1 heterocycles. The fraction of sp³-hybridized carbons (Fsp3) is 0.643. The van der Waals surface area contributed by atoms with E-state index in [9.17, 15) is 4.79 Å². The average Bonchev–Trinajstić information content (AvgIpc) is 2.44. The number of aromatic nitrogens is 2. The summed E-state index contributed by atoms with van der Waals surface area (Å²) in [6, 6.07) is 0.214. The number of nitrogens with one attached hydrogen (secondary N) is 1. The van der Waals surface area contributed by atoms with Crippen molar-refractivity contribution in [3.05, 3.63) is 18.1 Å². The Bertz CT molecular complexity index is 408. The van der Waals surface area contributed by atoms with Crippen molar-refractivity contribution in [3.8, 4) is 0 Å². The highest BCUT2D eigenvalue weighted by atomic mass is 16.2. The molecule has 1 N–H and O–H groups in total. The molecule has 1 unspecified atom stereocenters. The maximum absolute atomic E-state index is 12.3. The van der Waals surface area contributed by atoms with Crippen LogP contribution in [0.3, 0.4) is 0 Å². The first-order valence-corrected chi connectivity index (χ1v) is 6.93. The number of carbonyl (C=O) groups is 1. The quantitative estimate of drug-likeness (QED) is 0.822. The van der Waals surface area contributed by atoms with Crippen molar-refractivity contribution in [2.45, 2.75) is 46.1 Å². The Morgan fingerprint density at radius 3 is 2.74 bits per heavy atom. The number of nitrogens with zero attached hydrogens (tertiary/aromatic N) is 3. The van der Waals surface area contributed by atoms with Crippen LogP contribution in [0.25, 0.3) is 0 Å². The highest BCUT2D eigenvalue weighted by Crippen LogP contribution is 2.10. The third-order valence-electron chi connectivity index (χ3n) is 3.10. The molecule has 0 aliphatic heterocycles. The Morgan fingerprint density at radius 2 is 2.11 bits per heavy atom. The molecular weight excluding hydrogens is 240 g/mol. The summed E-state index contributed by atoms with van der Waals surface area (Å²) in [6.07, 6.45) is 6.22. The molecule has 0 radical (unpaired) electrons. The van der Waals surface area contributed by atoms with E-state index in [4.69, 9.17) is 0 Å². The number of hydrogen-bond acceptors (Lipinski definition) is 4. The van der Waals surface area contributed by atoms with Crippen molar-refractivity contribution in [2.75, 3.05) is 18.9 Å². The largest absolute Gasteiger partial charge is 0.369 e. The summed E-state index contributed by atoms with van der Waals surface area (Å²) in [5.41, 5.74) is 0.395. The molecule has 19 heavy (non-hydrogen) atoms. The standard InChI is InChI=1S/C14H24N4O/c1-5-7-11(3)18(4)14(19)12-9-15-10-13(17-12)16-8-6-2/h9-11H,5-8H2,1-4H3,(H,16,17). The van der Waals surface area contributed by atoms with Gasteiger partial charge in [0.15, 0.2) is 0 Å². The summed E-state index contributed by atoms with van der Waals surface area (Å²) < 4.78 is 0. The number of anilines is 1. The fourth-order valence-electron chi connectivity index (χ4n) is 1.80. The minimum atomic E-state index is -0.0754. The average molecular weight is 264 g/mol. The lowest BCUT2D eigenvalue weighted by molar-refractivity contribution is 0.0730. The summed E-state index contributed by atoms with van der Waals surface area (Å²) in [4.78, 5) is 22.4. The summed E-state index contributed by atoms with van der Waals surface area (Å²) in [7, 11) is 1.82. The van der Waals surface area contributed by atoms with Crippen LogP contribution >= 0.6 is 0 Å². The molecular formula is C14H24N4O. The lowest BCUT2D eigenvalue weighted by Gasteiger charge is -2.24. The van der Waals surface area contributed by atoms with Crippen molar-refractivity contribution in [1.82, 2.24) is 14.9 Å². The zero-order valence-electron chi connectivity index (χ0n) is 12.3. The van der Waals surface area contributed by atoms with Crippen LogP contribution in [0.15, 0.2) is 12.4 Å². The predicted molar refractivity (Wildman–Crippen MR) is 77.3 cm³/mol. The van der Waals surface area contributed by atoms with Gasteiger partial charge >= 0.3 is 0 Å². The summed E-state index contributed by atoms with van der Waals surface area (Å²) >= 11 is 0. The number of amides is 1. The van der Waals surface area contributed by atoms with E-state index in [0.29, 0.717) is 11.5 Å². The maximum Gasteiger partial charge on any atom is 0.274 e. The van der Waals surface area contributed by atoms with E-state index in [0.717, 1.165) is 25.8 Å². The van der Waals surface area contributed by atoms with E-state index in [2.05, 4.69) is 29.1 Å². The van der Waals surface area contributed by atoms with Crippen LogP contribution in [-0.4, -0.2) is 40.4 Å². The van der Waals surface area contributed by atoms with Crippen LogP contribution in [0, 0.1) is 0 Å². The first-order valence-electron chi connectivity index (χ1n) is 6.93. The van der Waals surface area contributed by atoms with Gasteiger partial charge in [-0.2, -0.15) is 0 Å². The molecule has 1 aromatic heterocycles. The van der Waals surface area contributed by atoms with Gasteiger partial charge in [-0.1, -0.05) is 20.3 Å². The Hall–Kier alpha value is -1.65. The van der Waals surface area contributed by atoms with E-state index in [1.54, 1.807) is 11.1 Å². The van der Waals surface area contributed by atoms with E-state index in [1.807, 2.05) is 14.0 Å². The van der Waals surface area contributed by atoms with Crippen molar-refractivity contribution in [1.29, 1.82) is 0 Å². The molecule has 0 spiro atoms. The molecule has 5 heteroatoms. The van der Waals surface area contributed by atoms with Crippen LogP contribution in [0.2, 0.25) is 0 Å². The van der Waals surface area contributed by atoms with Crippen molar-refractivity contribution in [2.24, 2.45) is 0 Å². The Labute approximate surface area is 115 Å². The molecule has 5 nitrogen and oxygen atoms in total. The van der Waals surface area contributed by atoms with Crippen molar-refractivity contribution in [3.63, 3.8) is 0 Å². The van der Waals surface area contributed by atoms with Crippen LogP contribution in [0.1, 0.15) is 50.5 Å². The van der Waals surface area contributed by atoms with E-state index >= 15 is 0 Å². The topological polar surface area (TPSA) is 58.1 Å². The molecule has 0 bridgehead atoms. The zero-order chi connectivity index (χ0) is 14.3. The van der Waals surface area contributed by atoms with Gasteiger partial charge in [0.2, 0.25) is 0 Å². The highest BCUT2D eigenvalue weighted by Gasteiger charge is 2.18. The van der Waals surface area contributed by atoms with Crippen LogP contribution in [-0.2, 0) is 0 Å². The molecule has 0 aliphatic carbocycles. The van der Waals surface area contributed by atoms with Gasteiger partial charge in [-0.15, -0.1) is 0 Å². The van der Waals surface area contributed by atoms with E-state index < -0.39 is 0 Å². The first-order chi connectivity index (χ1) is 9.10. The lowest BCUT2D eigenvalue weighted by Crippen LogP contribution is -2.35. The van der Waals surface area contributed by atoms with Crippen LogP contribution < -0.4 is 5.32 Å². The molecule has 0 saturated heterocycles. The van der Waals surface area contributed by atoms with Gasteiger partial charge in [-0.3, -0.25) is 9.78 Å². The van der Waals surface area contributed by atoms with Crippen molar-refractivity contribution < 1.29 is 4.79 Å². The second-order valence-corrected chi connectivity index (χ2v) is 4.77. The number of hydrogen-bond donors (Lipinski definition) is 1. The summed E-state index contributed by atoms with van der Waals surface area (Å²) in [5, 5.41) is 3.14. The molecule has 0 aromatic carbocycles. The second-order valence-electron chi connectivity index (χ2n) is 4.77. The molecule has 0 saturated carbocycles. The first kappa shape index (κ1) is 15.4. The SMILES string of the molecule is CCCNc1cncc(C(=O)N(C)C(C)CCC)n1. The fourth-order valence-corrected chi connectivity index (χ4v) is 1.80. The minimum absolute atomic E-state index is 0.0754. The molecule has 1 rings (SSSR count). The molecule has 1 atom stereocenters. The summed E-state index contributed by atoms with van der Waals surface area (Å²) in [6.45, 7) is 7.07. The van der Waals surface area contributed by atoms with Gasteiger partial charge < -0.3 is 10.2 Å². The van der Waals surface area contributed by atoms with E-state index in [1.165, 1.54) is 6.20 Å². The Morgan fingerprint density at radius 1 is 1.37 bits per heavy atom. The van der Waals surface area contributed by atoms with Gasteiger partial charge in [0.25, 0.3) is 5.91 Å². The zero-order valence-corrected chi connectivity index (χ0v) is 12.3. The van der Waals surface area contributed by atoms with Crippen LogP contribution in [0.4, 0.5) is 5.82 Å². The third kappa shape index (κ3) is 4.50. The molecule has 0 aliphatic rings. The van der Waals surface area contributed by atoms with Gasteiger partial charge in [-0.05, 0) is 19.8 Å². The number of carbonyl (C=O) groups excluding carboxylic acids is 1. The predicted octanol–water partition coefficient (Wildman–Crippen LogP) is 2.56. The van der Waals surface area contributed by atoms with Gasteiger partial charge in [0.05, 0.1) is 12.4 Å². The molecule has 106 valence electrons. The Balaban J connectivity index is 2.75. The van der Waals surface area contributed by atoms with Gasteiger partial charge in [0, 0.05) is 19.6 Å². The van der Waals surface area contributed by atoms with Crippen LogP contribution in [0.5, 0.6) is 0 Å². The normalized spacial score (nSPS) is 12.0. The van der Waals surface area contributed by atoms with Gasteiger partial charge in [0.1, 0.15) is 11.5 Å². The monoisotopic (exact) mass is 264 g/mol. The lowest BCUT2D eigenvalue weighted by atomic mass is 10.1. The van der Waals surface area contributed by atoms with Gasteiger partial charge in [-0.25, -0.2) is 4.98 Å². The molecule has 1 aromatic rings. The highest BCUT2D eigenvalue weighted by molar-refractivity contribution is 5.92. The van der Waals surface area contributed by atoms with E-state index in [-0.39, 0.29) is 11.9 Å². The third-order valence-corrected chi connectivity index (χ3v) is 3.10. The maximum atomic E-state index is 12.3. The smallest absolute Gasteiger partial charge is 0.274 e. The second kappa shape index (κ2) is 7.71. The Kier molecular flexibility index (Phi) is 6.25. The number of rotatable bonds is 7. The van der Waals surface area contributed by atoms with Crippen molar-refractivity contribution >= 4 is 11.7 Å². The molecule has 1 amide bonds. The molecule has 0 fully saturated rings.